The molecule has 5 heteroatoms. The number of allylic oxidation sites excluding steroid dienone is 1. The second kappa shape index (κ2) is 9.24. The lowest BCUT2D eigenvalue weighted by molar-refractivity contribution is 0.0958. The van der Waals surface area contributed by atoms with Crippen LogP contribution in [0, 0.1) is 23.5 Å². The maximum Gasteiger partial charge on any atom is 0.252 e. The van der Waals surface area contributed by atoms with Gasteiger partial charge in [-0.1, -0.05) is 36.1 Å². The van der Waals surface area contributed by atoms with E-state index in [4.69, 9.17) is 4.74 Å². The van der Waals surface area contributed by atoms with Crippen molar-refractivity contribution in [3.63, 3.8) is 0 Å². The first-order valence-corrected chi connectivity index (χ1v) is 7.62. The highest BCUT2D eigenvalue weighted by Crippen LogP contribution is 2.18. The Hall–Kier alpha value is -3.13. The molecule has 25 heavy (non-hydrogen) atoms. The smallest absolute Gasteiger partial charge is 0.252 e. The van der Waals surface area contributed by atoms with Gasteiger partial charge in [0.15, 0.2) is 11.6 Å². The summed E-state index contributed by atoms with van der Waals surface area (Å²) in [5.74, 6) is 3.68. The number of amides is 1. The molecule has 1 amide bonds. The van der Waals surface area contributed by atoms with Crippen molar-refractivity contribution in [2.24, 2.45) is 0 Å². The molecule has 0 aromatic heterocycles. The van der Waals surface area contributed by atoms with Gasteiger partial charge in [0.1, 0.15) is 12.4 Å². The van der Waals surface area contributed by atoms with Gasteiger partial charge in [-0.2, -0.15) is 0 Å². The van der Waals surface area contributed by atoms with Gasteiger partial charge >= 0.3 is 0 Å². The molecule has 0 aliphatic carbocycles. The Morgan fingerprint density at radius 3 is 2.72 bits per heavy atom. The van der Waals surface area contributed by atoms with Crippen LogP contribution in [0.5, 0.6) is 5.75 Å². The fraction of sp³-hybridized carbons (Fsp3) is 0.150. The van der Waals surface area contributed by atoms with Crippen molar-refractivity contribution in [2.45, 2.75) is 6.42 Å². The third kappa shape index (κ3) is 5.47. The second-order valence-corrected chi connectivity index (χ2v) is 5.05. The number of hydrogen-bond donors (Lipinski definition) is 1. The average molecular weight is 341 g/mol. The predicted molar refractivity (Wildman–Crippen MR) is 92.3 cm³/mol. The Morgan fingerprint density at radius 1 is 1.16 bits per heavy atom. The molecule has 0 aliphatic heterocycles. The number of halogens is 2. The SMILES string of the molecule is C=CCc1ccccc1OCC#CCNC(=O)c1ccc(F)c(F)c1. The van der Waals surface area contributed by atoms with Gasteiger partial charge < -0.3 is 10.1 Å². The number of rotatable bonds is 6. The lowest BCUT2D eigenvalue weighted by Crippen LogP contribution is -2.23. The molecule has 3 nitrogen and oxygen atoms in total. The molecule has 0 bridgehead atoms. The maximum atomic E-state index is 13.1. The van der Waals surface area contributed by atoms with E-state index in [1.807, 2.05) is 24.3 Å². The van der Waals surface area contributed by atoms with Crippen molar-refractivity contribution in [2.75, 3.05) is 13.2 Å². The van der Waals surface area contributed by atoms with E-state index in [2.05, 4.69) is 23.7 Å². The Morgan fingerprint density at radius 2 is 1.96 bits per heavy atom. The Bertz CT molecular complexity index is 822. The number of hydrogen-bond acceptors (Lipinski definition) is 2. The van der Waals surface area contributed by atoms with Crippen LogP contribution in [-0.4, -0.2) is 19.1 Å². The molecular formula is C20H17F2NO2. The van der Waals surface area contributed by atoms with E-state index in [0.717, 1.165) is 23.4 Å². The van der Waals surface area contributed by atoms with Crippen LogP contribution in [0.1, 0.15) is 15.9 Å². The topological polar surface area (TPSA) is 38.3 Å². The predicted octanol–water partition coefficient (Wildman–Crippen LogP) is 3.51. The average Bonchev–Trinajstić information content (AvgIpc) is 2.61. The minimum Gasteiger partial charge on any atom is -0.481 e. The summed E-state index contributed by atoms with van der Waals surface area (Å²) >= 11 is 0. The molecule has 0 aliphatic rings. The molecule has 1 N–H and O–H groups in total. The van der Waals surface area contributed by atoms with E-state index in [0.29, 0.717) is 6.42 Å². The van der Waals surface area contributed by atoms with Gasteiger partial charge in [0.05, 0.1) is 6.54 Å². The van der Waals surface area contributed by atoms with Crippen molar-refractivity contribution in [1.29, 1.82) is 0 Å². The van der Waals surface area contributed by atoms with Crippen molar-refractivity contribution >= 4 is 5.91 Å². The van der Waals surface area contributed by atoms with E-state index < -0.39 is 17.5 Å². The molecule has 2 rings (SSSR count). The first-order valence-electron chi connectivity index (χ1n) is 7.62. The van der Waals surface area contributed by atoms with Gasteiger partial charge in [0.2, 0.25) is 0 Å². The standard InChI is InChI=1S/C20H17F2NO2/c1-2-7-15-8-3-4-9-19(15)25-13-6-5-12-23-20(24)16-10-11-17(21)18(22)14-16/h2-4,8-11,14H,1,7,12-13H2,(H,23,24). The van der Waals surface area contributed by atoms with Gasteiger partial charge in [-0.3, -0.25) is 4.79 Å². The fourth-order valence-corrected chi connectivity index (χ4v) is 2.06. The largest absolute Gasteiger partial charge is 0.481 e. The van der Waals surface area contributed by atoms with Crippen molar-refractivity contribution in [3.8, 4) is 17.6 Å². The molecule has 0 unspecified atom stereocenters. The molecule has 0 fully saturated rings. The lowest BCUT2D eigenvalue weighted by Gasteiger charge is -2.07. The maximum absolute atomic E-state index is 13.1. The molecule has 2 aromatic carbocycles. The number of ether oxygens (including phenoxy) is 1. The Kier molecular flexibility index (Phi) is 6.73. The molecule has 0 saturated carbocycles. The van der Waals surface area contributed by atoms with Gasteiger partial charge in [-0.15, -0.1) is 6.58 Å². The molecule has 0 spiro atoms. The van der Waals surface area contributed by atoms with Crippen LogP contribution in [0.15, 0.2) is 55.1 Å². The first kappa shape index (κ1) is 18.2. The fourth-order valence-electron chi connectivity index (χ4n) is 2.06. The van der Waals surface area contributed by atoms with Crippen molar-refractivity contribution in [1.82, 2.24) is 5.32 Å². The summed E-state index contributed by atoms with van der Waals surface area (Å²) in [5.41, 5.74) is 1.06. The van der Waals surface area contributed by atoms with Crippen LogP contribution >= 0.6 is 0 Å². The minimum absolute atomic E-state index is 0.0373. The van der Waals surface area contributed by atoms with Crippen LogP contribution in [0.25, 0.3) is 0 Å². The molecule has 2 aromatic rings. The third-order valence-corrected chi connectivity index (χ3v) is 3.28. The van der Waals surface area contributed by atoms with Gasteiger partial charge in [0.25, 0.3) is 5.91 Å². The van der Waals surface area contributed by atoms with Crippen molar-refractivity contribution < 1.29 is 18.3 Å². The summed E-state index contributed by atoms with van der Waals surface area (Å²) in [5, 5.41) is 2.51. The molecule has 128 valence electrons. The molecule has 0 radical (unpaired) electrons. The zero-order valence-electron chi connectivity index (χ0n) is 13.5. The van der Waals surface area contributed by atoms with E-state index in [9.17, 15) is 13.6 Å². The monoisotopic (exact) mass is 341 g/mol. The molecular weight excluding hydrogens is 324 g/mol. The summed E-state index contributed by atoms with van der Waals surface area (Å²) in [4.78, 5) is 11.8. The van der Waals surface area contributed by atoms with Crippen molar-refractivity contribution in [3.05, 3.63) is 77.9 Å². The van der Waals surface area contributed by atoms with Crippen LogP contribution in [-0.2, 0) is 6.42 Å². The highest BCUT2D eigenvalue weighted by molar-refractivity contribution is 5.94. The minimum atomic E-state index is -1.06. The number of carbonyl (C=O) groups is 1. The highest BCUT2D eigenvalue weighted by Gasteiger charge is 2.08. The summed E-state index contributed by atoms with van der Waals surface area (Å²) < 4.78 is 31.5. The van der Waals surface area contributed by atoms with Crippen LogP contribution < -0.4 is 10.1 Å². The summed E-state index contributed by atoms with van der Waals surface area (Å²) in [7, 11) is 0. The highest BCUT2D eigenvalue weighted by atomic mass is 19.2. The quantitative estimate of drug-likeness (QED) is 0.645. The zero-order valence-corrected chi connectivity index (χ0v) is 13.5. The van der Waals surface area contributed by atoms with E-state index in [-0.39, 0.29) is 18.7 Å². The Balaban J connectivity index is 1.80. The zero-order chi connectivity index (χ0) is 18.1. The second-order valence-electron chi connectivity index (χ2n) is 5.05. The van der Waals surface area contributed by atoms with E-state index >= 15 is 0 Å². The molecule has 0 saturated heterocycles. The van der Waals surface area contributed by atoms with E-state index in [1.165, 1.54) is 6.07 Å². The number of para-hydroxylation sites is 1. The molecule has 0 atom stereocenters. The number of benzene rings is 2. The van der Waals surface area contributed by atoms with Gasteiger partial charge in [0, 0.05) is 5.56 Å². The normalized spacial score (nSPS) is 9.68. The van der Waals surface area contributed by atoms with Gasteiger partial charge in [-0.25, -0.2) is 8.78 Å². The van der Waals surface area contributed by atoms with Gasteiger partial charge in [-0.05, 0) is 36.2 Å². The first-order chi connectivity index (χ1) is 12.1. The number of nitrogens with one attached hydrogen (secondary N) is 1. The van der Waals surface area contributed by atoms with Crippen LogP contribution in [0.2, 0.25) is 0 Å². The Labute approximate surface area is 145 Å². The lowest BCUT2D eigenvalue weighted by atomic mass is 10.1. The molecule has 0 heterocycles. The van der Waals surface area contributed by atoms with Crippen LogP contribution in [0.4, 0.5) is 8.78 Å². The summed E-state index contributed by atoms with van der Waals surface area (Å²) in [6.45, 7) is 3.96. The van der Waals surface area contributed by atoms with Crippen LogP contribution in [0.3, 0.4) is 0 Å². The summed E-state index contributed by atoms with van der Waals surface area (Å²) in [6, 6.07) is 10.6. The van der Waals surface area contributed by atoms with E-state index in [1.54, 1.807) is 6.08 Å². The summed E-state index contributed by atoms with van der Waals surface area (Å²) in [6.07, 6.45) is 2.50. The third-order valence-electron chi connectivity index (χ3n) is 3.28. The number of carbonyl (C=O) groups excluding carboxylic acids is 1.